The van der Waals surface area contributed by atoms with E-state index < -0.39 is 0 Å². The van der Waals surface area contributed by atoms with Crippen LogP contribution in [0.1, 0.15) is 32.1 Å². The van der Waals surface area contributed by atoms with Gasteiger partial charge in [-0.25, -0.2) is 0 Å². The molecular formula is C10H21NO. The molecule has 0 bridgehead atoms. The first-order chi connectivity index (χ1) is 5.88. The Kier molecular flexibility index (Phi) is 4.62. The summed E-state index contributed by atoms with van der Waals surface area (Å²) in [7, 11) is 1.77. The van der Waals surface area contributed by atoms with Gasteiger partial charge in [-0.1, -0.05) is 32.1 Å². The second-order valence-electron chi connectivity index (χ2n) is 3.85. The van der Waals surface area contributed by atoms with Crippen LogP contribution in [0.15, 0.2) is 0 Å². The smallest absolute Gasteiger partial charge is 0.0505 e. The van der Waals surface area contributed by atoms with Crippen LogP contribution in [0.2, 0.25) is 0 Å². The summed E-state index contributed by atoms with van der Waals surface area (Å²) >= 11 is 0. The van der Waals surface area contributed by atoms with Gasteiger partial charge in [0.1, 0.15) is 0 Å². The van der Waals surface area contributed by atoms with Crippen LogP contribution in [-0.4, -0.2) is 20.3 Å². The van der Waals surface area contributed by atoms with Crippen molar-refractivity contribution in [3.8, 4) is 0 Å². The Labute approximate surface area is 75.5 Å². The second kappa shape index (κ2) is 5.55. The molecule has 12 heavy (non-hydrogen) atoms. The molecule has 2 nitrogen and oxygen atoms in total. The zero-order chi connectivity index (χ0) is 8.81. The molecule has 72 valence electrons. The highest BCUT2D eigenvalue weighted by atomic mass is 16.5. The lowest BCUT2D eigenvalue weighted by Crippen LogP contribution is -2.28. The Morgan fingerprint density at radius 3 is 2.50 bits per heavy atom. The van der Waals surface area contributed by atoms with Gasteiger partial charge < -0.3 is 10.5 Å². The molecule has 0 spiro atoms. The normalized spacial score (nSPS) is 22.5. The maximum absolute atomic E-state index is 5.71. The van der Waals surface area contributed by atoms with E-state index in [0.717, 1.165) is 19.1 Å². The number of ether oxygens (including phenoxy) is 1. The maximum atomic E-state index is 5.71. The molecule has 0 unspecified atom stereocenters. The van der Waals surface area contributed by atoms with Crippen LogP contribution in [0.3, 0.4) is 0 Å². The molecule has 0 saturated heterocycles. The summed E-state index contributed by atoms with van der Waals surface area (Å²) < 4.78 is 5.17. The molecule has 0 radical (unpaired) electrons. The molecule has 0 aromatic rings. The van der Waals surface area contributed by atoms with Crippen molar-refractivity contribution in [2.45, 2.75) is 32.1 Å². The van der Waals surface area contributed by atoms with Gasteiger partial charge in [-0.2, -0.15) is 0 Å². The minimum atomic E-state index is 0.607. The Hall–Kier alpha value is -0.0800. The van der Waals surface area contributed by atoms with Crippen molar-refractivity contribution in [2.75, 3.05) is 20.3 Å². The molecule has 2 heteroatoms. The van der Waals surface area contributed by atoms with Crippen LogP contribution in [-0.2, 0) is 4.74 Å². The Balaban J connectivity index is 2.29. The Bertz CT molecular complexity index is 108. The predicted molar refractivity (Wildman–Crippen MR) is 51.0 cm³/mol. The van der Waals surface area contributed by atoms with Gasteiger partial charge in [0.2, 0.25) is 0 Å². The van der Waals surface area contributed by atoms with Crippen molar-refractivity contribution in [2.24, 2.45) is 17.6 Å². The number of methoxy groups -OCH3 is 1. The molecule has 1 fully saturated rings. The van der Waals surface area contributed by atoms with Crippen LogP contribution in [0.5, 0.6) is 0 Å². The van der Waals surface area contributed by atoms with Crippen LogP contribution in [0.4, 0.5) is 0 Å². The monoisotopic (exact) mass is 171 g/mol. The molecule has 2 N–H and O–H groups in total. The number of rotatable bonds is 4. The summed E-state index contributed by atoms with van der Waals surface area (Å²) in [4.78, 5) is 0. The van der Waals surface area contributed by atoms with Crippen molar-refractivity contribution in [3.63, 3.8) is 0 Å². The lowest BCUT2D eigenvalue weighted by atomic mass is 9.80. The number of hydrogen-bond donors (Lipinski definition) is 1. The van der Waals surface area contributed by atoms with Crippen LogP contribution in [0, 0.1) is 11.8 Å². The van der Waals surface area contributed by atoms with Crippen molar-refractivity contribution < 1.29 is 4.74 Å². The Morgan fingerprint density at radius 2 is 2.00 bits per heavy atom. The van der Waals surface area contributed by atoms with Gasteiger partial charge in [-0.05, 0) is 18.4 Å². The third-order valence-electron chi connectivity index (χ3n) is 3.00. The zero-order valence-corrected chi connectivity index (χ0v) is 8.09. The van der Waals surface area contributed by atoms with E-state index in [-0.39, 0.29) is 0 Å². The third kappa shape index (κ3) is 2.76. The quantitative estimate of drug-likeness (QED) is 0.700. The fourth-order valence-corrected chi connectivity index (χ4v) is 2.22. The van der Waals surface area contributed by atoms with Gasteiger partial charge >= 0.3 is 0 Å². The van der Waals surface area contributed by atoms with E-state index in [1.54, 1.807) is 7.11 Å². The lowest BCUT2D eigenvalue weighted by molar-refractivity contribution is 0.108. The SMILES string of the molecule is COC[C@H](CN)C1CCCCC1. The average molecular weight is 171 g/mol. The number of nitrogens with two attached hydrogens (primary N) is 1. The first-order valence-corrected chi connectivity index (χ1v) is 5.07. The molecule has 0 heterocycles. The summed E-state index contributed by atoms with van der Waals surface area (Å²) in [5.41, 5.74) is 5.71. The maximum Gasteiger partial charge on any atom is 0.0505 e. The second-order valence-corrected chi connectivity index (χ2v) is 3.85. The van der Waals surface area contributed by atoms with Gasteiger partial charge in [0.05, 0.1) is 6.61 Å². The van der Waals surface area contributed by atoms with Gasteiger partial charge in [-0.15, -0.1) is 0 Å². The molecule has 0 amide bonds. The van der Waals surface area contributed by atoms with Crippen molar-refractivity contribution in [3.05, 3.63) is 0 Å². The molecule has 0 aromatic carbocycles. The predicted octanol–water partition coefficient (Wildman–Crippen LogP) is 1.79. The fourth-order valence-electron chi connectivity index (χ4n) is 2.22. The first-order valence-electron chi connectivity index (χ1n) is 5.07. The molecule has 0 aromatic heterocycles. The standard InChI is InChI=1S/C10H21NO/c1-12-8-10(7-11)9-5-3-2-4-6-9/h9-10H,2-8,11H2,1H3/t10-/m0/s1. The molecule has 0 aliphatic heterocycles. The van der Waals surface area contributed by atoms with Crippen LogP contribution >= 0.6 is 0 Å². The van der Waals surface area contributed by atoms with Crippen molar-refractivity contribution in [1.29, 1.82) is 0 Å². The van der Waals surface area contributed by atoms with Gasteiger partial charge in [0.15, 0.2) is 0 Å². The summed E-state index contributed by atoms with van der Waals surface area (Å²) in [6.45, 7) is 1.64. The fraction of sp³-hybridized carbons (Fsp3) is 1.00. The Morgan fingerprint density at radius 1 is 1.33 bits per heavy atom. The zero-order valence-electron chi connectivity index (χ0n) is 8.09. The van der Waals surface area contributed by atoms with Crippen LogP contribution < -0.4 is 5.73 Å². The summed E-state index contributed by atoms with van der Waals surface area (Å²) in [6, 6.07) is 0. The third-order valence-corrected chi connectivity index (χ3v) is 3.00. The van der Waals surface area contributed by atoms with E-state index in [0.29, 0.717) is 5.92 Å². The average Bonchev–Trinajstić information content (AvgIpc) is 2.15. The molecular weight excluding hydrogens is 150 g/mol. The molecule has 1 saturated carbocycles. The minimum absolute atomic E-state index is 0.607. The number of hydrogen-bond acceptors (Lipinski definition) is 2. The molecule has 1 rings (SSSR count). The van der Waals surface area contributed by atoms with E-state index in [1.807, 2.05) is 0 Å². The van der Waals surface area contributed by atoms with Gasteiger partial charge in [0, 0.05) is 7.11 Å². The lowest BCUT2D eigenvalue weighted by Gasteiger charge is -2.28. The summed E-state index contributed by atoms with van der Waals surface area (Å²) in [5.74, 6) is 1.44. The van der Waals surface area contributed by atoms with E-state index in [2.05, 4.69) is 0 Å². The van der Waals surface area contributed by atoms with E-state index in [1.165, 1.54) is 32.1 Å². The molecule has 1 aliphatic carbocycles. The van der Waals surface area contributed by atoms with E-state index >= 15 is 0 Å². The van der Waals surface area contributed by atoms with Crippen LogP contribution in [0.25, 0.3) is 0 Å². The highest BCUT2D eigenvalue weighted by molar-refractivity contribution is 4.74. The molecule has 1 aliphatic rings. The molecule has 1 atom stereocenters. The van der Waals surface area contributed by atoms with E-state index in [4.69, 9.17) is 10.5 Å². The largest absolute Gasteiger partial charge is 0.384 e. The van der Waals surface area contributed by atoms with Crippen molar-refractivity contribution in [1.82, 2.24) is 0 Å². The van der Waals surface area contributed by atoms with Gasteiger partial charge in [0.25, 0.3) is 0 Å². The van der Waals surface area contributed by atoms with Crippen molar-refractivity contribution >= 4 is 0 Å². The highest BCUT2D eigenvalue weighted by Gasteiger charge is 2.21. The highest BCUT2D eigenvalue weighted by Crippen LogP contribution is 2.29. The minimum Gasteiger partial charge on any atom is -0.384 e. The van der Waals surface area contributed by atoms with Gasteiger partial charge in [-0.3, -0.25) is 0 Å². The first kappa shape index (κ1) is 10.0. The summed E-state index contributed by atoms with van der Waals surface area (Å²) in [6.07, 6.45) is 6.94. The topological polar surface area (TPSA) is 35.2 Å². The summed E-state index contributed by atoms with van der Waals surface area (Å²) in [5, 5.41) is 0. The van der Waals surface area contributed by atoms with E-state index in [9.17, 15) is 0 Å².